The molecule has 0 heterocycles. The van der Waals surface area contributed by atoms with Crippen molar-refractivity contribution in [3.05, 3.63) is 48.0 Å². The highest BCUT2D eigenvalue weighted by Crippen LogP contribution is 2.28. The molecule has 0 bridgehead atoms. The molecule has 0 saturated heterocycles. The third kappa shape index (κ3) is 4.39. The van der Waals surface area contributed by atoms with Gasteiger partial charge in [-0.3, -0.25) is 0 Å². The zero-order valence-electron chi connectivity index (χ0n) is 13.9. The average molecular weight is 351 g/mol. The smallest absolute Gasteiger partial charge is 0.244 e. The molecule has 0 aliphatic heterocycles. The first-order valence-corrected chi connectivity index (χ1v) is 8.83. The number of nitrogens with one attached hydrogen (secondary N) is 1. The summed E-state index contributed by atoms with van der Waals surface area (Å²) in [6.07, 6.45) is 0.550. The fourth-order valence-electron chi connectivity index (χ4n) is 2.23. The fourth-order valence-corrected chi connectivity index (χ4v) is 3.41. The van der Waals surface area contributed by atoms with Gasteiger partial charge in [0.05, 0.1) is 21.3 Å². The summed E-state index contributed by atoms with van der Waals surface area (Å²) < 4.78 is 42.9. The zero-order valence-corrected chi connectivity index (χ0v) is 14.7. The van der Waals surface area contributed by atoms with Crippen LogP contribution >= 0.6 is 0 Å². The van der Waals surface area contributed by atoms with Gasteiger partial charge in [0.1, 0.15) is 22.1 Å². The van der Waals surface area contributed by atoms with Crippen LogP contribution < -0.4 is 18.9 Å². The Hall–Kier alpha value is -2.25. The van der Waals surface area contributed by atoms with Crippen molar-refractivity contribution in [2.45, 2.75) is 11.3 Å². The number of hydrogen-bond acceptors (Lipinski definition) is 5. The maximum absolute atomic E-state index is 12.5. The summed E-state index contributed by atoms with van der Waals surface area (Å²) in [7, 11) is 0.849. The SMILES string of the molecule is COc1cccc(CCNS(=O)(=O)c2ccc(OC)cc2OC)c1. The lowest BCUT2D eigenvalue weighted by molar-refractivity contribution is 0.386. The molecule has 0 aromatic heterocycles. The predicted octanol–water partition coefficient (Wildman–Crippen LogP) is 2.23. The Kier molecular flexibility index (Phi) is 6.05. The van der Waals surface area contributed by atoms with Crippen molar-refractivity contribution in [3.63, 3.8) is 0 Å². The van der Waals surface area contributed by atoms with Crippen LogP contribution in [-0.2, 0) is 16.4 Å². The Balaban J connectivity index is 2.08. The molecule has 0 aliphatic carbocycles. The molecule has 0 fully saturated rings. The van der Waals surface area contributed by atoms with E-state index in [1.54, 1.807) is 13.2 Å². The molecule has 0 radical (unpaired) electrons. The van der Waals surface area contributed by atoms with E-state index >= 15 is 0 Å². The number of rotatable bonds is 8. The Labute approximate surface area is 142 Å². The van der Waals surface area contributed by atoms with Crippen LogP contribution in [0, 0.1) is 0 Å². The lowest BCUT2D eigenvalue weighted by Crippen LogP contribution is -2.26. The molecule has 24 heavy (non-hydrogen) atoms. The van der Waals surface area contributed by atoms with Gasteiger partial charge < -0.3 is 14.2 Å². The van der Waals surface area contributed by atoms with E-state index < -0.39 is 10.0 Å². The van der Waals surface area contributed by atoms with E-state index in [1.807, 2.05) is 24.3 Å². The normalized spacial score (nSPS) is 11.1. The molecular weight excluding hydrogens is 330 g/mol. The van der Waals surface area contributed by atoms with Crippen molar-refractivity contribution in [2.24, 2.45) is 0 Å². The predicted molar refractivity (Wildman–Crippen MR) is 91.4 cm³/mol. The van der Waals surface area contributed by atoms with E-state index in [2.05, 4.69) is 4.72 Å². The molecule has 0 aliphatic rings. The van der Waals surface area contributed by atoms with Crippen LogP contribution in [0.3, 0.4) is 0 Å². The van der Waals surface area contributed by atoms with Crippen LogP contribution in [0.2, 0.25) is 0 Å². The summed E-state index contributed by atoms with van der Waals surface area (Å²) >= 11 is 0. The number of benzene rings is 2. The van der Waals surface area contributed by atoms with Gasteiger partial charge >= 0.3 is 0 Å². The molecular formula is C17H21NO5S. The quantitative estimate of drug-likeness (QED) is 0.789. The molecule has 130 valence electrons. The van der Waals surface area contributed by atoms with Crippen molar-refractivity contribution < 1.29 is 22.6 Å². The highest BCUT2D eigenvalue weighted by molar-refractivity contribution is 7.89. The molecule has 0 amide bonds. The first-order chi connectivity index (χ1) is 11.5. The van der Waals surface area contributed by atoms with Gasteiger partial charge in [0, 0.05) is 12.6 Å². The highest BCUT2D eigenvalue weighted by atomic mass is 32.2. The highest BCUT2D eigenvalue weighted by Gasteiger charge is 2.19. The van der Waals surface area contributed by atoms with Crippen LogP contribution in [0.15, 0.2) is 47.4 Å². The Morgan fingerprint density at radius 2 is 1.62 bits per heavy atom. The third-order valence-electron chi connectivity index (χ3n) is 3.50. The Bertz CT molecular complexity index is 789. The van der Waals surface area contributed by atoms with Crippen LogP contribution in [0.25, 0.3) is 0 Å². The summed E-state index contributed by atoms with van der Waals surface area (Å²) in [4.78, 5) is 0.0800. The van der Waals surface area contributed by atoms with Gasteiger partial charge in [0.15, 0.2) is 0 Å². The van der Waals surface area contributed by atoms with Crippen LogP contribution in [0.4, 0.5) is 0 Å². The van der Waals surface area contributed by atoms with Crippen molar-refractivity contribution in [1.29, 1.82) is 0 Å². The van der Waals surface area contributed by atoms with E-state index in [1.165, 1.54) is 26.4 Å². The molecule has 2 rings (SSSR count). The molecule has 2 aromatic rings. The lowest BCUT2D eigenvalue weighted by atomic mass is 10.1. The molecule has 0 unspecified atom stereocenters. The monoisotopic (exact) mass is 351 g/mol. The minimum Gasteiger partial charge on any atom is -0.497 e. The van der Waals surface area contributed by atoms with Gasteiger partial charge in [-0.05, 0) is 36.2 Å². The van der Waals surface area contributed by atoms with Crippen molar-refractivity contribution in [2.75, 3.05) is 27.9 Å². The zero-order chi connectivity index (χ0) is 17.6. The summed E-state index contributed by atoms with van der Waals surface area (Å²) in [6.45, 7) is 0.269. The molecule has 0 saturated carbocycles. The maximum atomic E-state index is 12.5. The lowest BCUT2D eigenvalue weighted by Gasteiger charge is -2.12. The molecule has 2 aromatic carbocycles. The molecule has 1 N–H and O–H groups in total. The van der Waals surface area contributed by atoms with Gasteiger partial charge in [0.2, 0.25) is 10.0 Å². The fraction of sp³-hybridized carbons (Fsp3) is 0.294. The van der Waals surface area contributed by atoms with Crippen molar-refractivity contribution in [3.8, 4) is 17.2 Å². The minimum absolute atomic E-state index is 0.0800. The van der Waals surface area contributed by atoms with E-state index in [4.69, 9.17) is 14.2 Å². The topological polar surface area (TPSA) is 73.9 Å². The van der Waals surface area contributed by atoms with Crippen LogP contribution in [0.5, 0.6) is 17.2 Å². The average Bonchev–Trinajstić information content (AvgIpc) is 2.61. The summed E-state index contributed by atoms with van der Waals surface area (Å²) in [5.74, 6) is 1.51. The first kappa shape index (κ1) is 18.1. The number of ether oxygens (including phenoxy) is 3. The van der Waals surface area contributed by atoms with Gasteiger partial charge in [0.25, 0.3) is 0 Å². The van der Waals surface area contributed by atoms with Crippen LogP contribution in [-0.4, -0.2) is 36.3 Å². The number of hydrogen-bond donors (Lipinski definition) is 1. The summed E-state index contributed by atoms with van der Waals surface area (Å²) in [5.41, 5.74) is 0.985. The molecule has 6 nitrogen and oxygen atoms in total. The third-order valence-corrected chi connectivity index (χ3v) is 5.00. The van der Waals surface area contributed by atoms with E-state index in [0.29, 0.717) is 12.2 Å². The molecule has 7 heteroatoms. The van der Waals surface area contributed by atoms with Gasteiger partial charge in [-0.1, -0.05) is 12.1 Å². The van der Waals surface area contributed by atoms with Gasteiger partial charge in [-0.2, -0.15) is 0 Å². The van der Waals surface area contributed by atoms with Gasteiger partial charge in [-0.25, -0.2) is 13.1 Å². The summed E-state index contributed by atoms with van der Waals surface area (Å²) in [6, 6.07) is 12.1. The maximum Gasteiger partial charge on any atom is 0.244 e. The summed E-state index contributed by atoms with van der Waals surface area (Å²) in [5, 5.41) is 0. The first-order valence-electron chi connectivity index (χ1n) is 7.35. The van der Waals surface area contributed by atoms with E-state index in [0.717, 1.165) is 11.3 Å². The number of sulfonamides is 1. The van der Waals surface area contributed by atoms with Gasteiger partial charge in [-0.15, -0.1) is 0 Å². The van der Waals surface area contributed by atoms with E-state index in [-0.39, 0.29) is 17.2 Å². The molecule has 0 spiro atoms. The Morgan fingerprint density at radius 3 is 2.29 bits per heavy atom. The second-order valence-corrected chi connectivity index (χ2v) is 6.75. The standard InChI is InChI=1S/C17H21NO5S/c1-21-14-6-4-5-13(11-14)9-10-18-24(19,20)17-8-7-15(22-2)12-16(17)23-3/h4-8,11-12,18H,9-10H2,1-3H3. The molecule has 0 atom stereocenters. The largest absolute Gasteiger partial charge is 0.497 e. The van der Waals surface area contributed by atoms with Crippen molar-refractivity contribution in [1.82, 2.24) is 4.72 Å². The second-order valence-electron chi connectivity index (χ2n) is 5.02. The van der Waals surface area contributed by atoms with Crippen LogP contribution in [0.1, 0.15) is 5.56 Å². The second kappa shape index (κ2) is 8.03. The number of methoxy groups -OCH3 is 3. The van der Waals surface area contributed by atoms with E-state index in [9.17, 15) is 8.42 Å². The minimum atomic E-state index is -3.68. The van der Waals surface area contributed by atoms with Crippen molar-refractivity contribution >= 4 is 10.0 Å². The Morgan fingerprint density at radius 1 is 0.917 bits per heavy atom.